The van der Waals surface area contributed by atoms with E-state index in [9.17, 15) is 0 Å². The number of aryl methyl sites for hydroxylation is 2. The lowest BCUT2D eigenvalue weighted by molar-refractivity contribution is 0.756. The third kappa shape index (κ3) is 2.88. The molecule has 0 aliphatic heterocycles. The Balaban J connectivity index is 2.51. The fraction of sp³-hybridized carbons (Fsp3) is 0.412. The van der Waals surface area contributed by atoms with Crippen molar-refractivity contribution in [1.29, 1.82) is 0 Å². The van der Waals surface area contributed by atoms with Crippen LogP contribution in [-0.2, 0) is 6.42 Å². The topological polar surface area (TPSA) is 37.8 Å². The summed E-state index contributed by atoms with van der Waals surface area (Å²) in [6.07, 6.45) is 2.72. The standard InChI is InChI=1S/C17H23N3/c1-11-10-12(2)14(4)17(13(11)3)15-6-9-19-16(20-15)7-8-18-5/h6,9-10,18H,7-8H2,1-5H3. The lowest BCUT2D eigenvalue weighted by Crippen LogP contribution is -2.12. The van der Waals surface area contributed by atoms with Gasteiger partial charge in [0.1, 0.15) is 5.82 Å². The number of hydrogen-bond donors (Lipinski definition) is 1. The van der Waals surface area contributed by atoms with E-state index in [1.807, 2.05) is 19.3 Å². The molecule has 1 aromatic carbocycles. The Bertz CT molecular complexity index is 592. The van der Waals surface area contributed by atoms with Gasteiger partial charge in [0.2, 0.25) is 0 Å². The maximum Gasteiger partial charge on any atom is 0.130 e. The second-order valence-electron chi connectivity index (χ2n) is 5.35. The molecule has 2 aromatic rings. The van der Waals surface area contributed by atoms with Crippen LogP contribution in [0.3, 0.4) is 0 Å². The monoisotopic (exact) mass is 269 g/mol. The van der Waals surface area contributed by atoms with Crippen molar-refractivity contribution in [2.24, 2.45) is 0 Å². The molecule has 0 fully saturated rings. The number of nitrogens with one attached hydrogen (secondary N) is 1. The van der Waals surface area contributed by atoms with E-state index in [0.717, 1.165) is 24.5 Å². The molecule has 3 heteroatoms. The van der Waals surface area contributed by atoms with Gasteiger partial charge in [0.25, 0.3) is 0 Å². The van der Waals surface area contributed by atoms with Crippen molar-refractivity contribution in [2.75, 3.05) is 13.6 Å². The van der Waals surface area contributed by atoms with E-state index in [-0.39, 0.29) is 0 Å². The van der Waals surface area contributed by atoms with E-state index in [4.69, 9.17) is 4.98 Å². The van der Waals surface area contributed by atoms with Gasteiger partial charge in [-0.25, -0.2) is 9.97 Å². The molecule has 0 unspecified atom stereocenters. The largest absolute Gasteiger partial charge is 0.319 e. The fourth-order valence-corrected chi connectivity index (χ4v) is 2.50. The number of nitrogens with zero attached hydrogens (tertiary/aromatic N) is 2. The normalized spacial score (nSPS) is 10.8. The fourth-order valence-electron chi connectivity index (χ4n) is 2.50. The van der Waals surface area contributed by atoms with Crippen LogP contribution in [0, 0.1) is 27.7 Å². The molecule has 1 N–H and O–H groups in total. The summed E-state index contributed by atoms with van der Waals surface area (Å²) in [4.78, 5) is 9.09. The Morgan fingerprint density at radius 2 is 1.70 bits per heavy atom. The number of benzene rings is 1. The Morgan fingerprint density at radius 3 is 2.30 bits per heavy atom. The van der Waals surface area contributed by atoms with Crippen LogP contribution in [0.1, 0.15) is 28.1 Å². The number of aromatic nitrogens is 2. The van der Waals surface area contributed by atoms with Crippen LogP contribution in [0.5, 0.6) is 0 Å². The van der Waals surface area contributed by atoms with E-state index in [2.05, 4.69) is 44.1 Å². The first-order chi connectivity index (χ1) is 9.54. The summed E-state index contributed by atoms with van der Waals surface area (Å²) in [6, 6.07) is 4.26. The molecule has 20 heavy (non-hydrogen) atoms. The van der Waals surface area contributed by atoms with E-state index >= 15 is 0 Å². The number of hydrogen-bond acceptors (Lipinski definition) is 3. The van der Waals surface area contributed by atoms with E-state index in [1.165, 1.54) is 27.8 Å². The highest BCUT2D eigenvalue weighted by Gasteiger charge is 2.12. The molecule has 0 saturated carbocycles. The van der Waals surface area contributed by atoms with Gasteiger partial charge in [-0.1, -0.05) is 6.07 Å². The molecule has 0 saturated heterocycles. The van der Waals surface area contributed by atoms with Gasteiger partial charge in [0, 0.05) is 24.7 Å². The molecule has 0 radical (unpaired) electrons. The summed E-state index contributed by atoms with van der Waals surface area (Å²) in [5, 5.41) is 3.14. The average Bonchev–Trinajstić information content (AvgIpc) is 2.44. The van der Waals surface area contributed by atoms with Crippen LogP contribution >= 0.6 is 0 Å². The maximum absolute atomic E-state index is 4.73. The first-order valence-electron chi connectivity index (χ1n) is 7.09. The molecule has 0 aliphatic rings. The van der Waals surface area contributed by atoms with E-state index < -0.39 is 0 Å². The van der Waals surface area contributed by atoms with Gasteiger partial charge < -0.3 is 5.32 Å². The number of rotatable bonds is 4. The smallest absolute Gasteiger partial charge is 0.130 e. The van der Waals surface area contributed by atoms with Crippen LogP contribution in [-0.4, -0.2) is 23.6 Å². The zero-order valence-corrected chi connectivity index (χ0v) is 13.0. The molecule has 3 nitrogen and oxygen atoms in total. The Hall–Kier alpha value is -1.74. The Morgan fingerprint density at radius 1 is 1.05 bits per heavy atom. The summed E-state index contributed by atoms with van der Waals surface area (Å²) in [6.45, 7) is 9.57. The predicted octanol–water partition coefficient (Wildman–Crippen LogP) is 3.14. The molecule has 0 bridgehead atoms. The second-order valence-corrected chi connectivity index (χ2v) is 5.35. The van der Waals surface area contributed by atoms with Gasteiger partial charge in [-0.15, -0.1) is 0 Å². The molecule has 106 valence electrons. The maximum atomic E-state index is 4.73. The molecular weight excluding hydrogens is 246 g/mol. The minimum atomic E-state index is 0.854. The summed E-state index contributed by atoms with van der Waals surface area (Å²) < 4.78 is 0. The van der Waals surface area contributed by atoms with Crippen LogP contribution in [0.2, 0.25) is 0 Å². The lowest BCUT2D eigenvalue weighted by atomic mass is 9.92. The minimum Gasteiger partial charge on any atom is -0.319 e. The predicted molar refractivity (Wildman–Crippen MR) is 84.0 cm³/mol. The zero-order chi connectivity index (χ0) is 14.7. The van der Waals surface area contributed by atoms with Crippen molar-refractivity contribution in [1.82, 2.24) is 15.3 Å². The minimum absolute atomic E-state index is 0.854. The van der Waals surface area contributed by atoms with Crippen molar-refractivity contribution >= 4 is 0 Å². The van der Waals surface area contributed by atoms with Crippen molar-refractivity contribution in [3.8, 4) is 11.3 Å². The van der Waals surface area contributed by atoms with Crippen LogP contribution < -0.4 is 5.32 Å². The quantitative estimate of drug-likeness (QED) is 0.926. The molecule has 2 rings (SSSR count). The van der Waals surface area contributed by atoms with E-state index in [1.54, 1.807) is 0 Å². The summed E-state index contributed by atoms with van der Waals surface area (Å²) >= 11 is 0. The van der Waals surface area contributed by atoms with Crippen LogP contribution in [0.4, 0.5) is 0 Å². The highest BCUT2D eigenvalue weighted by molar-refractivity contribution is 5.70. The third-order valence-electron chi connectivity index (χ3n) is 3.93. The lowest BCUT2D eigenvalue weighted by Gasteiger charge is -2.15. The van der Waals surface area contributed by atoms with Gasteiger partial charge in [-0.05, 0) is 63.1 Å². The number of likely N-dealkylation sites (N-methyl/N-ethyl adjacent to an activating group) is 1. The summed E-state index contributed by atoms with van der Waals surface area (Å²) in [7, 11) is 1.95. The average molecular weight is 269 g/mol. The van der Waals surface area contributed by atoms with Crippen LogP contribution in [0.25, 0.3) is 11.3 Å². The molecule has 0 aliphatic carbocycles. The van der Waals surface area contributed by atoms with Gasteiger partial charge >= 0.3 is 0 Å². The zero-order valence-electron chi connectivity index (χ0n) is 13.0. The Kier molecular flexibility index (Phi) is 4.50. The van der Waals surface area contributed by atoms with Crippen molar-refractivity contribution < 1.29 is 0 Å². The van der Waals surface area contributed by atoms with Gasteiger partial charge in [-0.2, -0.15) is 0 Å². The van der Waals surface area contributed by atoms with Gasteiger partial charge in [0.15, 0.2) is 0 Å². The molecular formula is C17H23N3. The van der Waals surface area contributed by atoms with Crippen molar-refractivity contribution in [2.45, 2.75) is 34.1 Å². The molecule has 0 amide bonds. The molecule has 0 atom stereocenters. The summed E-state index contributed by atoms with van der Waals surface area (Å²) in [5.41, 5.74) is 7.55. The third-order valence-corrected chi connectivity index (χ3v) is 3.93. The summed E-state index contributed by atoms with van der Waals surface area (Å²) in [5.74, 6) is 0.898. The van der Waals surface area contributed by atoms with Gasteiger partial charge in [-0.3, -0.25) is 0 Å². The first-order valence-corrected chi connectivity index (χ1v) is 7.09. The Labute approximate surface area is 121 Å². The van der Waals surface area contributed by atoms with E-state index in [0.29, 0.717) is 0 Å². The second kappa shape index (κ2) is 6.14. The SMILES string of the molecule is CNCCc1nccc(-c2c(C)c(C)cc(C)c2C)n1. The van der Waals surface area contributed by atoms with Crippen molar-refractivity contribution in [3.63, 3.8) is 0 Å². The molecule has 1 heterocycles. The highest BCUT2D eigenvalue weighted by Crippen LogP contribution is 2.30. The van der Waals surface area contributed by atoms with Crippen LogP contribution in [0.15, 0.2) is 18.3 Å². The van der Waals surface area contributed by atoms with Crippen molar-refractivity contribution in [3.05, 3.63) is 46.4 Å². The first kappa shape index (κ1) is 14.7. The van der Waals surface area contributed by atoms with Gasteiger partial charge in [0.05, 0.1) is 5.69 Å². The molecule has 1 aromatic heterocycles. The highest BCUT2D eigenvalue weighted by atomic mass is 14.9. The molecule has 0 spiro atoms.